The average Bonchev–Trinajstić information content (AvgIpc) is 2.89. The fraction of sp³-hybridized carbons (Fsp3) is 0.269. The van der Waals surface area contributed by atoms with Crippen LogP contribution in [0.3, 0.4) is 0 Å². The number of thioether (sulfide) groups is 1. The summed E-state index contributed by atoms with van der Waals surface area (Å²) in [5.41, 5.74) is 1.30. The molecule has 0 spiro atoms. The van der Waals surface area contributed by atoms with Gasteiger partial charge in [0.25, 0.3) is 10.0 Å². The van der Waals surface area contributed by atoms with Crippen LogP contribution in [-0.2, 0) is 20.6 Å². The molecule has 0 fully saturated rings. The number of rotatable bonds is 11. The van der Waals surface area contributed by atoms with Gasteiger partial charge < -0.3 is 14.8 Å². The number of amides is 1. The zero-order chi connectivity index (χ0) is 26.3. The molecule has 0 aromatic heterocycles. The Morgan fingerprint density at radius 1 is 1.03 bits per heavy atom. The first-order valence-electron chi connectivity index (χ1n) is 11.6. The first kappa shape index (κ1) is 27.1. The monoisotopic (exact) mass is 564 g/mol. The maximum atomic E-state index is 13.6. The van der Waals surface area contributed by atoms with E-state index in [1.54, 1.807) is 11.8 Å². The van der Waals surface area contributed by atoms with E-state index in [0.29, 0.717) is 42.7 Å². The highest BCUT2D eigenvalue weighted by atomic mass is 35.5. The maximum Gasteiger partial charge on any atom is 0.264 e. The average molecular weight is 565 g/mol. The number of halogens is 2. The van der Waals surface area contributed by atoms with Crippen LogP contribution in [0.1, 0.15) is 12.0 Å². The van der Waals surface area contributed by atoms with Gasteiger partial charge in [-0.25, -0.2) is 12.8 Å². The zero-order valence-electron chi connectivity index (χ0n) is 19.9. The number of fused-ring (bicyclic) bond motifs is 1. The number of carbonyl (C=O) groups is 1. The third-order valence-electron chi connectivity index (χ3n) is 5.45. The highest BCUT2D eigenvalue weighted by molar-refractivity contribution is 7.98. The highest BCUT2D eigenvalue weighted by Crippen LogP contribution is 2.34. The van der Waals surface area contributed by atoms with E-state index in [9.17, 15) is 17.6 Å². The molecule has 0 aliphatic carbocycles. The molecular formula is C26H26ClFN2O5S2. The van der Waals surface area contributed by atoms with Crippen molar-refractivity contribution in [1.29, 1.82) is 0 Å². The second kappa shape index (κ2) is 12.5. The Morgan fingerprint density at radius 3 is 2.54 bits per heavy atom. The SMILES string of the molecule is O=C(CN(c1ccc(F)cc1)S(=O)(=O)c1ccc2c(c1)OCCO2)NCCCSCc1cccc(Cl)c1. The summed E-state index contributed by atoms with van der Waals surface area (Å²) in [5, 5.41) is 3.47. The Labute approximate surface area is 225 Å². The quantitative estimate of drug-likeness (QED) is 0.334. The van der Waals surface area contributed by atoms with Crippen LogP contribution in [0.25, 0.3) is 0 Å². The molecule has 0 bridgehead atoms. The molecule has 1 aliphatic heterocycles. The van der Waals surface area contributed by atoms with Gasteiger partial charge in [-0.15, -0.1) is 0 Å². The molecule has 4 rings (SSSR count). The minimum absolute atomic E-state index is 0.0636. The molecule has 1 aliphatic rings. The van der Waals surface area contributed by atoms with Gasteiger partial charge in [0.15, 0.2) is 11.5 Å². The summed E-state index contributed by atoms with van der Waals surface area (Å²) in [7, 11) is -4.17. The van der Waals surface area contributed by atoms with Gasteiger partial charge in [0.1, 0.15) is 25.6 Å². The largest absolute Gasteiger partial charge is 0.486 e. The fourth-order valence-electron chi connectivity index (χ4n) is 3.64. The van der Waals surface area contributed by atoms with Crippen molar-refractivity contribution >= 4 is 45.0 Å². The van der Waals surface area contributed by atoms with Crippen LogP contribution in [-0.4, -0.2) is 46.4 Å². The highest BCUT2D eigenvalue weighted by Gasteiger charge is 2.29. The van der Waals surface area contributed by atoms with E-state index in [-0.39, 0.29) is 10.6 Å². The van der Waals surface area contributed by atoms with Crippen molar-refractivity contribution in [2.45, 2.75) is 17.1 Å². The van der Waals surface area contributed by atoms with E-state index in [1.807, 2.05) is 24.3 Å². The van der Waals surface area contributed by atoms with E-state index < -0.39 is 28.3 Å². The van der Waals surface area contributed by atoms with Gasteiger partial charge in [0, 0.05) is 23.4 Å². The van der Waals surface area contributed by atoms with Gasteiger partial charge in [-0.1, -0.05) is 23.7 Å². The molecule has 37 heavy (non-hydrogen) atoms. The van der Waals surface area contributed by atoms with E-state index in [0.717, 1.165) is 33.5 Å². The first-order chi connectivity index (χ1) is 17.8. The molecule has 0 unspecified atom stereocenters. The molecule has 0 radical (unpaired) electrons. The lowest BCUT2D eigenvalue weighted by Crippen LogP contribution is -2.41. The Balaban J connectivity index is 1.38. The predicted molar refractivity (Wildman–Crippen MR) is 144 cm³/mol. The third kappa shape index (κ3) is 7.30. The number of anilines is 1. The molecule has 11 heteroatoms. The van der Waals surface area contributed by atoms with Crippen LogP contribution < -0.4 is 19.1 Å². The van der Waals surface area contributed by atoms with Gasteiger partial charge in [-0.05, 0) is 66.3 Å². The van der Waals surface area contributed by atoms with Gasteiger partial charge in [0.2, 0.25) is 5.91 Å². The maximum absolute atomic E-state index is 13.6. The molecule has 196 valence electrons. The Hall–Kier alpha value is -2.95. The van der Waals surface area contributed by atoms with E-state index >= 15 is 0 Å². The lowest BCUT2D eigenvalue weighted by atomic mass is 10.2. The number of hydrogen-bond acceptors (Lipinski definition) is 6. The summed E-state index contributed by atoms with van der Waals surface area (Å²) >= 11 is 7.72. The molecular weight excluding hydrogens is 539 g/mol. The van der Waals surface area contributed by atoms with Crippen molar-refractivity contribution in [2.75, 3.05) is 36.4 Å². The van der Waals surface area contributed by atoms with Crippen molar-refractivity contribution in [3.05, 3.63) is 83.1 Å². The molecule has 0 saturated heterocycles. The van der Waals surface area contributed by atoms with Gasteiger partial charge in [-0.3, -0.25) is 9.10 Å². The van der Waals surface area contributed by atoms with Crippen LogP contribution in [0, 0.1) is 5.82 Å². The molecule has 1 heterocycles. The molecule has 0 saturated carbocycles. The van der Waals surface area contributed by atoms with Crippen molar-refractivity contribution in [2.24, 2.45) is 0 Å². The number of nitrogens with zero attached hydrogens (tertiary/aromatic N) is 1. The summed E-state index contributed by atoms with van der Waals surface area (Å²) in [4.78, 5) is 12.7. The normalized spacial score (nSPS) is 12.7. The lowest BCUT2D eigenvalue weighted by Gasteiger charge is -2.25. The minimum atomic E-state index is -4.17. The number of hydrogen-bond donors (Lipinski definition) is 1. The number of sulfonamides is 1. The van der Waals surface area contributed by atoms with Crippen LogP contribution in [0.2, 0.25) is 5.02 Å². The number of nitrogens with one attached hydrogen (secondary N) is 1. The van der Waals surface area contributed by atoms with Gasteiger partial charge >= 0.3 is 0 Å². The van der Waals surface area contributed by atoms with Crippen molar-refractivity contribution in [3.8, 4) is 11.5 Å². The molecule has 7 nitrogen and oxygen atoms in total. The fourth-order valence-corrected chi connectivity index (χ4v) is 6.20. The second-order valence-corrected chi connectivity index (χ2v) is 11.6. The molecule has 3 aromatic rings. The smallest absolute Gasteiger partial charge is 0.264 e. The third-order valence-corrected chi connectivity index (χ3v) is 8.57. The van der Waals surface area contributed by atoms with Crippen molar-refractivity contribution in [1.82, 2.24) is 5.32 Å². The van der Waals surface area contributed by atoms with Crippen LogP contribution >= 0.6 is 23.4 Å². The van der Waals surface area contributed by atoms with Crippen molar-refractivity contribution < 1.29 is 27.1 Å². The topological polar surface area (TPSA) is 84.9 Å². The molecule has 3 aromatic carbocycles. The van der Waals surface area contributed by atoms with E-state index in [1.165, 1.54) is 30.3 Å². The van der Waals surface area contributed by atoms with Crippen LogP contribution in [0.5, 0.6) is 11.5 Å². The van der Waals surface area contributed by atoms with E-state index in [2.05, 4.69) is 5.32 Å². The van der Waals surface area contributed by atoms with Crippen LogP contribution in [0.4, 0.5) is 10.1 Å². The summed E-state index contributed by atoms with van der Waals surface area (Å²) in [6.45, 7) is 0.610. The standard InChI is InChI=1S/C26H26ClFN2O5S2/c27-20-4-1-3-19(15-20)18-36-14-2-11-29-26(31)17-30(22-7-5-21(28)6-8-22)37(32,33)23-9-10-24-25(16-23)35-13-12-34-24/h1,3-10,15-16H,2,11-14,17-18H2,(H,29,31). The summed E-state index contributed by atoms with van der Waals surface area (Å²) in [5.74, 6) is 1.39. The Bertz CT molecular complexity index is 1340. The Morgan fingerprint density at radius 2 is 1.78 bits per heavy atom. The number of ether oxygens (including phenoxy) is 2. The molecule has 0 atom stereocenters. The minimum Gasteiger partial charge on any atom is -0.486 e. The summed E-state index contributed by atoms with van der Waals surface area (Å²) in [6, 6.07) is 16.9. The Kier molecular flexibility index (Phi) is 9.18. The summed E-state index contributed by atoms with van der Waals surface area (Å²) < 4.78 is 52.6. The summed E-state index contributed by atoms with van der Waals surface area (Å²) in [6.07, 6.45) is 0.711. The zero-order valence-corrected chi connectivity index (χ0v) is 22.3. The van der Waals surface area contributed by atoms with Gasteiger partial charge in [-0.2, -0.15) is 11.8 Å². The van der Waals surface area contributed by atoms with Crippen molar-refractivity contribution in [3.63, 3.8) is 0 Å². The first-order valence-corrected chi connectivity index (χ1v) is 14.6. The molecule has 1 N–H and O–H groups in total. The second-order valence-electron chi connectivity index (χ2n) is 8.18. The lowest BCUT2D eigenvalue weighted by molar-refractivity contribution is -0.119. The van der Waals surface area contributed by atoms with Crippen LogP contribution in [0.15, 0.2) is 71.6 Å². The molecule has 1 amide bonds. The number of carbonyl (C=O) groups excluding carboxylic acids is 1. The number of benzene rings is 3. The van der Waals surface area contributed by atoms with Gasteiger partial charge in [0.05, 0.1) is 10.6 Å². The predicted octanol–water partition coefficient (Wildman–Crippen LogP) is 4.89. The van der Waals surface area contributed by atoms with E-state index in [4.69, 9.17) is 21.1 Å².